The second-order valence-corrected chi connectivity index (χ2v) is 8.40. The van der Waals surface area contributed by atoms with E-state index < -0.39 is 14.9 Å². The summed E-state index contributed by atoms with van der Waals surface area (Å²) in [6.07, 6.45) is 2.38. The summed E-state index contributed by atoms with van der Waals surface area (Å²) in [6.45, 7) is 2.37. The Kier molecular flexibility index (Phi) is 13.2. The molecule has 0 aromatic rings. The molecule has 0 saturated heterocycles. The van der Waals surface area contributed by atoms with Crippen LogP contribution in [0.15, 0.2) is 0 Å². The smallest absolute Gasteiger partial charge is 0.389 e. The first kappa shape index (κ1) is 20.3. The number of thioether (sulfide) groups is 1. The zero-order valence-electron chi connectivity index (χ0n) is 13.0. The Balaban J connectivity index is 3.55. The van der Waals surface area contributed by atoms with Gasteiger partial charge in [0.2, 0.25) is 0 Å². The van der Waals surface area contributed by atoms with Crippen molar-refractivity contribution >= 4 is 20.6 Å². The van der Waals surface area contributed by atoms with Gasteiger partial charge in [-0.3, -0.25) is 0 Å². The molecule has 6 nitrogen and oxygen atoms in total. The summed E-state index contributed by atoms with van der Waals surface area (Å²) in [5.74, 6) is 1.05. The third-order valence-corrected chi connectivity index (χ3v) is 6.32. The van der Waals surface area contributed by atoms with Gasteiger partial charge in [0, 0.05) is 52.8 Å². The Morgan fingerprint density at radius 1 is 1.20 bits per heavy atom. The maximum atomic E-state index is 9.69. The lowest BCUT2D eigenvalue weighted by molar-refractivity contribution is 0.0355. The van der Waals surface area contributed by atoms with Gasteiger partial charge in [-0.15, -0.1) is 0 Å². The number of rotatable bonds is 14. The molecular weight excluding hydrogens is 298 g/mol. The van der Waals surface area contributed by atoms with E-state index in [9.17, 15) is 5.11 Å². The van der Waals surface area contributed by atoms with Crippen molar-refractivity contribution in [1.82, 2.24) is 5.32 Å². The van der Waals surface area contributed by atoms with Crippen LogP contribution in [0.2, 0.25) is 6.04 Å². The fraction of sp³-hybridized carbons (Fsp3) is 1.00. The van der Waals surface area contributed by atoms with Crippen LogP contribution >= 0.6 is 11.8 Å². The zero-order chi connectivity index (χ0) is 15.3. The summed E-state index contributed by atoms with van der Waals surface area (Å²) < 4.78 is 21.4. The van der Waals surface area contributed by atoms with Gasteiger partial charge in [-0.2, -0.15) is 11.8 Å². The van der Waals surface area contributed by atoms with Crippen molar-refractivity contribution in [2.75, 3.05) is 59.6 Å². The zero-order valence-corrected chi connectivity index (χ0v) is 14.8. The fourth-order valence-electron chi connectivity index (χ4n) is 1.67. The van der Waals surface area contributed by atoms with Crippen LogP contribution in [0, 0.1) is 0 Å². The molecule has 0 saturated carbocycles. The minimum atomic E-state index is -2.48. The Bertz CT molecular complexity index is 214. The number of aliphatic hydroxyl groups is 1. The van der Waals surface area contributed by atoms with E-state index in [1.54, 1.807) is 33.1 Å². The van der Waals surface area contributed by atoms with E-state index in [4.69, 9.17) is 18.0 Å². The average molecular weight is 328 g/mol. The first-order valence-electron chi connectivity index (χ1n) is 6.75. The highest BCUT2D eigenvalue weighted by Crippen LogP contribution is 2.14. The number of aliphatic hydroxyl groups excluding tert-OH is 1. The monoisotopic (exact) mass is 327 g/mol. The van der Waals surface area contributed by atoms with Gasteiger partial charge in [0.1, 0.15) is 0 Å². The molecule has 0 aromatic heterocycles. The van der Waals surface area contributed by atoms with E-state index in [2.05, 4.69) is 11.6 Å². The minimum absolute atomic E-state index is 0.341. The van der Waals surface area contributed by atoms with Crippen molar-refractivity contribution in [2.45, 2.75) is 18.6 Å². The van der Waals surface area contributed by atoms with E-state index in [0.29, 0.717) is 25.8 Å². The lowest BCUT2D eigenvalue weighted by Gasteiger charge is -2.24. The van der Waals surface area contributed by atoms with Gasteiger partial charge in [-0.1, -0.05) is 0 Å². The fourth-order valence-corrected chi connectivity index (χ4v) is 3.71. The first-order valence-corrected chi connectivity index (χ1v) is 10.1. The molecule has 0 amide bonds. The van der Waals surface area contributed by atoms with Crippen LogP contribution in [0.25, 0.3) is 0 Å². The normalized spacial score (nSPS) is 13.7. The van der Waals surface area contributed by atoms with Crippen molar-refractivity contribution in [2.24, 2.45) is 0 Å². The highest BCUT2D eigenvalue weighted by molar-refractivity contribution is 7.98. The van der Waals surface area contributed by atoms with Crippen LogP contribution in [-0.4, -0.2) is 79.7 Å². The summed E-state index contributed by atoms with van der Waals surface area (Å²) in [6, 6.07) is 0.707. The van der Waals surface area contributed by atoms with Crippen LogP contribution in [0.4, 0.5) is 0 Å². The van der Waals surface area contributed by atoms with Crippen molar-refractivity contribution in [3.05, 3.63) is 0 Å². The third kappa shape index (κ3) is 9.30. The predicted octanol–water partition coefficient (Wildman–Crippen LogP) is 0.585. The van der Waals surface area contributed by atoms with Crippen LogP contribution < -0.4 is 5.32 Å². The second kappa shape index (κ2) is 13.0. The highest BCUT2D eigenvalue weighted by atomic mass is 32.2. The first-order chi connectivity index (χ1) is 9.64. The van der Waals surface area contributed by atoms with Crippen molar-refractivity contribution in [3.8, 4) is 0 Å². The van der Waals surface area contributed by atoms with Crippen molar-refractivity contribution in [3.63, 3.8) is 0 Å². The molecule has 1 unspecified atom stereocenters. The van der Waals surface area contributed by atoms with Gasteiger partial charge in [0.05, 0.1) is 12.7 Å². The van der Waals surface area contributed by atoms with Gasteiger partial charge < -0.3 is 28.4 Å². The van der Waals surface area contributed by atoms with Crippen molar-refractivity contribution in [1.29, 1.82) is 0 Å². The van der Waals surface area contributed by atoms with Crippen LogP contribution in [0.5, 0.6) is 0 Å². The standard InChI is InChI=1S/C12H29NO5SSi/c1-15-20(16-2,17-3)9-5-7-18-11-12(14)10-13-6-8-19-4/h12-14H,5-11H2,1-4H3. The summed E-state index contributed by atoms with van der Waals surface area (Å²) in [5, 5.41) is 12.9. The van der Waals surface area contributed by atoms with E-state index in [0.717, 1.165) is 18.7 Å². The van der Waals surface area contributed by atoms with Gasteiger partial charge in [0.15, 0.2) is 0 Å². The molecule has 0 heterocycles. The molecule has 0 aliphatic carbocycles. The molecule has 122 valence electrons. The quantitative estimate of drug-likeness (QED) is 0.357. The average Bonchev–Trinajstić information content (AvgIpc) is 2.48. The number of hydrogen-bond acceptors (Lipinski definition) is 7. The molecule has 0 spiro atoms. The molecule has 0 aliphatic rings. The topological polar surface area (TPSA) is 69.2 Å². The Morgan fingerprint density at radius 3 is 2.40 bits per heavy atom. The SMILES string of the molecule is CO[Si](CCCOCC(O)CNCCSC)(OC)OC. The summed E-state index contributed by atoms with van der Waals surface area (Å²) >= 11 is 1.78. The Labute approximate surface area is 127 Å². The molecule has 8 heteroatoms. The lowest BCUT2D eigenvalue weighted by atomic mass is 10.4. The third-order valence-electron chi connectivity index (χ3n) is 2.88. The predicted molar refractivity (Wildman–Crippen MR) is 84.3 cm³/mol. The molecular formula is C12H29NO5SSi. The van der Waals surface area contributed by atoms with Crippen LogP contribution in [0.3, 0.4) is 0 Å². The molecule has 0 aromatic carbocycles. The minimum Gasteiger partial charge on any atom is -0.389 e. The second-order valence-electron chi connectivity index (χ2n) is 4.32. The van der Waals surface area contributed by atoms with Gasteiger partial charge in [0.25, 0.3) is 0 Å². The maximum absolute atomic E-state index is 9.69. The van der Waals surface area contributed by atoms with E-state index in [1.165, 1.54) is 0 Å². The van der Waals surface area contributed by atoms with Crippen LogP contribution in [-0.2, 0) is 18.0 Å². The molecule has 2 N–H and O–H groups in total. The number of hydrogen-bond donors (Lipinski definition) is 2. The number of nitrogens with one attached hydrogen (secondary N) is 1. The maximum Gasteiger partial charge on any atom is 0.500 e. The summed E-state index contributed by atoms with van der Waals surface area (Å²) in [5.41, 5.74) is 0. The molecule has 0 radical (unpaired) electrons. The summed E-state index contributed by atoms with van der Waals surface area (Å²) in [7, 11) is 2.32. The van der Waals surface area contributed by atoms with E-state index in [-0.39, 0.29) is 0 Å². The highest BCUT2D eigenvalue weighted by Gasteiger charge is 2.36. The summed E-state index contributed by atoms with van der Waals surface area (Å²) in [4.78, 5) is 0. The molecule has 1 atom stereocenters. The molecule has 0 bridgehead atoms. The van der Waals surface area contributed by atoms with E-state index in [1.807, 2.05) is 0 Å². The molecule has 0 rings (SSSR count). The molecule has 0 aliphatic heterocycles. The lowest BCUT2D eigenvalue weighted by Crippen LogP contribution is -2.42. The Hall–Kier alpha value is 0.327. The van der Waals surface area contributed by atoms with Gasteiger partial charge in [-0.05, 0) is 12.7 Å². The largest absolute Gasteiger partial charge is 0.500 e. The van der Waals surface area contributed by atoms with Crippen LogP contribution in [0.1, 0.15) is 6.42 Å². The number of ether oxygens (including phenoxy) is 1. The van der Waals surface area contributed by atoms with Crippen molar-refractivity contribution < 1.29 is 23.1 Å². The van der Waals surface area contributed by atoms with E-state index >= 15 is 0 Å². The Morgan fingerprint density at radius 2 is 1.85 bits per heavy atom. The van der Waals surface area contributed by atoms with Gasteiger partial charge in [-0.25, -0.2) is 0 Å². The van der Waals surface area contributed by atoms with Gasteiger partial charge >= 0.3 is 8.80 Å². The molecule has 20 heavy (non-hydrogen) atoms. The molecule has 0 fully saturated rings.